The summed E-state index contributed by atoms with van der Waals surface area (Å²) in [5, 5.41) is 12.1. The number of aliphatic carboxylic acids is 1. The SMILES string of the molecule is CCc1sccc1CC(=O)[O-]. The molecule has 0 aliphatic heterocycles. The van der Waals surface area contributed by atoms with Gasteiger partial charge in [-0.2, -0.15) is 0 Å². The van der Waals surface area contributed by atoms with Gasteiger partial charge in [-0.05, 0) is 23.4 Å². The molecule has 0 aromatic carbocycles. The summed E-state index contributed by atoms with van der Waals surface area (Å²) in [5.41, 5.74) is 0.900. The maximum atomic E-state index is 10.2. The van der Waals surface area contributed by atoms with Crippen molar-refractivity contribution in [3.8, 4) is 0 Å². The van der Waals surface area contributed by atoms with E-state index >= 15 is 0 Å². The van der Waals surface area contributed by atoms with E-state index in [1.165, 1.54) is 0 Å². The number of thiophene rings is 1. The second kappa shape index (κ2) is 3.53. The Balaban J connectivity index is 2.76. The Morgan fingerprint density at radius 2 is 2.45 bits per heavy atom. The predicted molar refractivity (Wildman–Crippen MR) is 42.4 cm³/mol. The lowest BCUT2D eigenvalue weighted by atomic mass is 10.2. The van der Waals surface area contributed by atoms with Crippen LogP contribution < -0.4 is 5.11 Å². The first-order chi connectivity index (χ1) is 5.24. The van der Waals surface area contributed by atoms with Crippen molar-refractivity contribution in [1.82, 2.24) is 0 Å². The fourth-order valence-corrected chi connectivity index (χ4v) is 1.85. The summed E-state index contributed by atoms with van der Waals surface area (Å²) in [6.07, 6.45) is 0.951. The van der Waals surface area contributed by atoms with E-state index in [4.69, 9.17) is 0 Å². The third-order valence-electron chi connectivity index (χ3n) is 1.49. The van der Waals surface area contributed by atoms with Crippen LogP contribution in [0.3, 0.4) is 0 Å². The van der Waals surface area contributed by atoms with Gasteiger partial charge < -0.3 is 9.90 Å². The number of hydrogen-bond acceptors (Lipinski definition) is 3. The molecule has 0 atom stereocenters. The van der Waals surface area contributed by atoms with Crippen molar-refractivity contribution in [3.05, 3.63) is 21.9 Å². The number of rotatable bonds is 3. The van der Waals surface area contributed by atoms with Gasteiger partial charge in [-0.1, -0.05) is 6.92 Å². The van der Waals surface area contributed by atoms with Gasteiger partial charge in [-0.3, -0.25) is 0 Å². The van der Waals surface area contributed by atoms with Gasteiger partial charge in [-0.25, -0.2) is 0 Å². The number of carbonyl (C=O) groups excluding carboxylic acids is 1. The first-order valence-electron chi connectivity index (χ1n) is 3.49. The lowest BCUT2D eigenvalue weighted by Crippen LogP contribution is -2.24. The molecule has 0 N–H and O–H groups in total. The van der Waals surface area contributed by atoms with Crippen LogP contribution in [-0.4, -0.2) is 5.97 Å². The zero-order valence-corrected chi connectivity index (χ0v) is 7.11. The maximum Gasteiger partial charge on any atom is 0.0458 e. The van der Waals surface area contributed by atoms with Crippen molar-refractivity contribution >= 4 is 17.3 Å². The van der Waals surface area contributed by atoms with Gasteiger partial charge in [0.05, 0.1) is 0 Å². The van der Waals surface area contributed by atoms with E-state index in [0.717, 1.165) is 16.9 Å². The van der Waals surface area contributed by atoms with Crippen LogP contribution in [0.4, 0.5) is 0 Å². The molecule has 60 valence electrons. The first-order valence-corrected chi connectivity index (χ1v) is 4.37. The zero-order valence-electron chi connectivity index (χ0n) is 6.29. The van der Waals surface area contributed by atoms with Crippen LogP contribution in [0.5, 0.6) is 0 Å². The molecule has 0 amide bonds. The Morgan fingerprint density at radius 1 is 1.73 bits per heavy atom. The first kappa shape index (κ1) is 8.27. The molecule has 0 aliphatic rings. The van der Waals surface area contributed by atoms with Crippen molar-refractivity contribution < 1.29 is 9.90 Å². The molecule has 1 rings (SSSR count). The van der Waals surface area contributed by atoms with Crippen LogP contribution in [0.1, 0.15) is 17.4 Å². The molecule has 3 heteroatoms. The van der Waals surface area contributed by atoms with Crippen LogP contribution >= 0.6 is 11.3 Å². The van der Waals surface area contributed by atoms with Crippen molar-refractivity contribution in [3.63, 3.8) is 0 Å². The molecule has 0 radical (unpaired) electrons. The van der Waals surface area contributed by atoms with Crippen LogP contribution in [0.2, 0.25) is 0 Å². The summed E-state index contributed by atoms with van der Waals surface area (Å²) in [7, 11) is 0. The second-order valence-corrected chi connectivity index (χ2v) is 3.27. The highest BCUT2D eigenvalue weighted by Gasteiger charge is 2.00. The van der Waals surface area contributed by atoms with Gasteiger partial charge in [0.15, 0.2) is 0 Å². The summed E-state index contributed by atoms with van der Waals surface area (Å²) in [6.45, 7) is 2.02. The third kappa shape index (κ3) is 2.05. The molecular formula is C8H9O2S-. The van der Waals surface area contributed by atoms with Crippen LogP contribution in [-0.2, 0) is 17.6 Å². The van der Waals surface area contributed by atoms with Crippen molar-refractivity contribution in [2.75, 3.05) is 0 Å². The summed E-state index contributed by atoms with van der Waals surface area (Å²) in [4.78, 5) is 11.4. The molecule has 1 aromatic rings. The number of carboxylic acid groups (broad SMARTS) is 1. The van der Waals surface area contributed by atoms with E-state index < -0.39 is 5.97 Å². The highest BCUT2D eigenvalue weighted by Crippen LogP contribution is 2.17. The predicted octanol–water partition coefficient (Wildman–Crippen LogP) is 0.603. The number of aryl methyl sites for hydroxylation is 1. The molecule has 0 saturated heterocycles. The molecule has 1 aromatic heterocycles. The minimum absolute atomic E-state index is 0.0483. The topological polar surface area (TPSA) is 40.1 Å². The number of carboxylic acids is 1. The third-order valence-corrected chi connectivity index (χ3v) is 2.60. The molecule has 0 unspecified atom stereocenters. The highest BCUT2D eigenvalue weighted by atomic mass is 32.1. The Kier molecular flexibility index (Phi) is 2.65. The fraction of sp³-hybridized carbons (Fsp3) is 0.375. The molecule has 2 nitrogen and oxygen atoms in total. The largest absolute Gasteiger partial charge is 0.550 e. The van der Waals surface area contributed by atoms with Gasteiger partial charge in [0.25, 0.3) is 0 Å². The average molecular weight is 169 g/mol. The summed E-state index contributed by atoms with van der Waals surface area (Å²) < 4.78 is 0. The fourth-order valence-electron chi connectivity index (χ4n) is 0.990. The maximum absolute atomic E-state index is 10.2. The second-order valence-electron chi connectivity index (χ2n) is 2.27. The van der Waals surface area contributed by atoms with Crippen LogP contribution in [0.25, 0.3) is 0 Å². The molecule has 1 heterocycles. The molecular weight excluding hydrogens is 160 g/mol. The highest BCUT2D eigenvalue weighted by molar-refractivity contribution is 7.10. The molecule has 0 saturated carbocycles. The molecule has 0 spiro atoms. The van der Waals surface area contributed by atoms with Crippen molar-refractivity contribution in [2.24, 2.45) is 0 Å². The lowest BCUT2D eigenvalue weighted by Gasteiger charge is -2.01. The minimum Gasteiger partial charge on any atom is -0.550 e. The van der Waals surface area contributed by atoms with Gasteiger partial charge in [0.2, 0.25) is 0 Å². The van der Waals surface area contributed by atoms with E-state index in [1.807, 2.05) is 18.4 Å². The zero-order chi connectivity index (χ0) is 8.27. The Labute approximate surface area is 69.5 Å². The number of hydrogen-bond donors (Lipinski definition) is 0. The van der Waals surface area contributed by atoms with Gasteiger partial charge in [-0.15, -0.1) is 11.3 Å². The monoisotopic (exact) mass is 169 g/mol. The Hall–Kier alpha value is -0.830. The molecule has 0 fully saturated rings. The molecule has 0 bridgehead atoms. The molecule has 0 aliphatic carbocycles. The Morgan fingerprint density at radius 3 is 3.00 bits per heavy atom. The average Bonchev–Trinajstić information content (AvgIpc) is 2.34. The lowest BCUT2D eigenvalue weighted by molar-refractivity contribution is -0.304. The summed E-state index contributed by atoms with van der Waals surface area (Å²) in [6, 6.07) is 1.85. The van der Waals surface area contributed by atoms with Gasteiger partial charge in [0, 0.05) is 17.3 Å². The van der Waals surface area contributed by atoms with E-state index in [2.05, 4.69) is 0 Å². The summed E-state index contributed by atoms with van der Waals surface area (Å²) >= 11 is 1.60. The van der Waals surface area contributed by atoms with Crippen LogP contribution in [0.15, 0.2) is 11.4 Å². The normalized spacial score (nSPS) is 9.91. The van der Waals surface area contributed by atoms with E-state index in [0.29, 0.717) is 0 Å². The Bertz CT molecular complexity index is 252. The minimum atomic E-state index is -1.00. The quantitative estimate of drug-likeness (QED) is 0.665. The van der Waals surface area contributed by atoms with Crippen molar-refractivity contribution in [1.29, 1.82) is 0 Å². The van der Waals surface area contributed by atoms with E-state index in [1.54, 1.807) is 11.3 Å². The van der Waals surface area contributed by atoms with Gasteiger partial charge in [0.1, 0.15) is 0 Å². The number of carbonyl (C=O) groups is 1. The van der Waals surface area contributed by atoms with Gasteiger partial charge >= 0.3 is 0 Å². The summed E-state index contributed by atoms with van der Waals surface area (Å²) in [5.74, 6) is -1.00. The smallest absolute Gasteiger partial charge is 0.0458 e. The van der Waals surface area contributed by atoms with Crippen LogP contribution in [0, 0.1) is 0 Å². The molecule has 11 heavy (non-hydrogen) atoms. The standard InChI is InChI=1S/C8H10O2S/c1-2-7-6(3-4-11-7)5-8(9)10/h3-4H,2,5H2,1H3,(H,9,10)/p-1. The van der Waals surface area contributed by atoms with Crippen molar-refractivity contribution in [2.45, 2.75) is 19.8 Å². The van der Waals surface area contributed by atoms with E-state index in [9.17, 15) is 9.90 Å². The van der Waals surface area contributed by atoms with E-state index in [-0.39, 0.29) is 6.42 Å².